The molecule has 1 aromatic carbocycles. The average molecular weight is 271 g/mol. The molecule has 1 unspecified atom stereocenters. The molecule has 0 bridgehead atoms. The summed E-state index contributed by atoms with van der Waals surface area (Å²) in [6, 6.07) is 7.44. The Labute approximate surface area is 120 Å². The number of aliphatic hydroxyl groups excluding tert-OH is 1. The van der Waals surface area contributed by atoms with Crippen LogP contribution >= 0.6 is 0 Å². The van der Waals surface area contributed by atoms with E-state index < -0.39 is 0 Å². The fourth-order valence-electron chi connectivity index (χ4n) is 2.72. The van der Waals surface area contributed by atoms with Gasteiger partial charge in [-0.15, -0.1) is 0 Å². The van der Waals surface area contributed by atoms with Crippen LogP contribution in [0.4, 0.5) is 0 Å². The van der Waals surface area contributed by atoms with Crippen molar-refractivity contribution in [3.05, 3.63) is 35.4 Å². The van der Waals surface area contributed by atoms with Crippen LogP contribution in [-0.2, 0) is 0 Å². The quantitative estimate of drug-likeness (QED) is 0.811. The van der Waals surface area contributed by atoms with Crippen molar-refractivity contribution in [1.29, 1.82) is 0 Å². The minimum atomic E-state index is -0.174. The lowest BCUT2D eigenvalue weighted by atomic mass is 9.87. The number of benzene rings is 1. The van der Waals surface area contributed by atoms with Gasteiger partial charge in [-0.2, -0.15) is 0 Å². The molecule has 3 nitrogen and oxygen atoms in total. The average Bonchev–Trinajstić information content (AvgIpc) is 2.76. The molecule has 1 aliphatic rings. The van der Waals surface area contributed by atoms with Crippen LogP contribution in [0, 0.1) is 17.3 Å². The standard InChI is InChI=1S/C17H21NO2/c1-17(2)10-4-9-15(17)18-16(20)14-8-3-6-13(12-14)7-5-11-19/h3,6,8,12,15,19H,4,9-11H2,1-2H3,(H,18,20). The van der Waals surface area contributed by atoms with E-state index in [9.17, 15) is 4.79 Å². The maximum absolute atomic E-state index is 12.3. The van der Waals surface area contributed by atoms with E-state index in [1.807, 2.05) is 12.1 Å². The van der Waals surface area contributed by atoms with Crippen molar-refractivity contribution in [2.45, 2.75) is 39.2 Å². The third-order valence-corrected chi connectivity index (χ3v) is 4.00. The molecule has 2 rings (SSSR count). The Morgan fingerprint density at radius 3 is 2.95 bits per heavy atom. The van der Waals surface area contributed by atoms with Crippen molar-refractivity contribution in [1.82, 2.24) is 5.32 Å². The summed E-state index contributed by atoms with van der Waals surface area (Å²) in [5.74, 6) is 5.37. The third-order valence-electron chi connectivity index (χ3n) is 4.00. The molecule has 0 radical (unpaired) electrons. The monoisotopic (exact) mass is 271 g/mol. The maximum Gasteiger partial charge on any atom is 0.251 e. The summed E-state index contributed by atoms with van der Waals surface area (Å²) < 4.78 is 0. The first-order valence-corrected chi connectivity index (χ1v) is 7.03. The topological polar surface area (TPSA) is 49.3 Å². The number of hydrogen-bond acceptors (Lipinski definition) is 2. The highest BCUT2D eigenvalue weighted by molar-refractivity contribution is 5.94. The molecule has 1 aliphatic carbocycles. The van der Waals surface area contributed by atoms with Gasteiger partial charge < -0.3 is 10.4 Å². The first-order chi connectivity index (χ1) is 9.53. The number of rotatable bonds is 2. The molecule has 0 spiro atoms. The summed E-state index contributed by atoms with van der Waals surface area (Å²) in [6.07, 6.45) is 3.36. The second kappa shape index (κ2) is 6.11. The van der Waals surface area contributed by atoms with Crippen molar-refractivity contribution in [3.8, 4) is 11.8 Å². The summed E-state index contributed by atoms with van der Waals surface area (Å²) >= 11 is 0. The summed E-state index contributed by atoms with van der Waals surface area (Å²) in [7, 11) is 0. The largest absolute Gasteiger partial charge is 0.384 e. The van der Waals surface area contributed by atoms with E-state index in [1.54, 1.807) is 12.1 Å². The number of hydrogen-bond donors (Lipinski definition) is 2. The number of carbonyl (C=O) groups is 1. The third kappa shape index (κ3) is 3.40. The summed E-state index contributed by atoms with van der Waals surface area (Å²) in [6.45, 7) is 4.23. The molecule has 2 N–H and O–H groups in total. The van der Waals surface area contributed by atoms with E-state index in [0.717, 1.165) is 18.4 Å². The Balaban J connectivity index is 2.09. The zero-order valence-electron chi connectivity index (χ0n) is 12.1. The Morgan fingerprint density at radius 2 is 2.30 bits per heavy atom. The van der Waals surface area contributed by atoms with Crippen molar-refractivity contribution < 1.29 is 9.90 Å². The molecule has 0 aliphatic heterocycles. The molecule has 106 valence electrons. The van der Waals surface area contributed by atoms with Crippen LogP contribution < -0.4 is 5.32 Å². The van der Waals surface area contributed by atoms with Crippen LogP contribution in [-0.4, -0.2) is 23.7 Å². The number of carbonyl (C=O) groups excluding carboxylic acids is 1. The van der Waals surface area contributed by atoms with Gasteiger partial charge in [-0.1, -0.05) is 38.2 Å². The fraction of sp³-hybridized carbons (Fsp3) is 0.471. The molecule has 1 fully saturated rings. The number of nitrogens with one attached hydrogen (secondary N) is 1. The lowest BCUT2D eigenvalue weighted by molar-refractivity contribution is 0.0910. The van der Waals surface area contributed by atoms with E-state index in [1.165, 1.54) is 6.42 Å². The Kier molecular flexibility index (Phi) is 4.46. The summed E-state index contributed by atoms with van der Waals surface area (Å²) in [4.78, 5) is 12.3. The molecule has 0 heterocycles. The lowest BCUT2D eigenvalue weighted by Crippen LogP contribution is -2.41. The normalized spacial score (nSPS) is 20.1. The maximum atomic E-state index is 12.3. The Morgan fingerprint density at radius 1 is 1.50 bits per heavy atom. The van der Waals surface area contributed by atoms with Crippen molar-refractivity contribution >= 4 is 5.91 Å². The van der Waals surface area contributed by atoms with Gasteiger partial charge in [0.1, 0.15) is 6.61 Å². The number of aliphatic hydroxyl groups is 1. The van der Waals surface area contributed by atoms with Crippen molar-refractivity contribution in [2.24, 2.45) is 5.41 Å². The van der Waals surface area contributed by atoms with E-state index in [2.05, 4.69) is 31.0 Å². The predicted molar refractivity (Wildman–Crippen MR) is 79.3 cm³/mol. The minimum absolute atomic E-state index is 0.0439. The van der Waals surface area contributed by atoms with Gasteiger partial charge >= 0.3 is 0 Å². The van der Waals surface area contributed by atoms with E-state index in [4.69, 9.17) is 5.11 Å². The summed E-state index contributed by atoms with van der Waals surface area (Å²) in [5, 5.41) is 11.8. The van der Waals surface area contributed by atoms with Gasteiger partial charge in [-0.05, 0) is 36.5 Å². The predicted octanol–water partition coefficient (Wildman–Crippen LogP) is 2.34. The molecule has 3 heteroatoms. The molecule has 1 aromatic rings. The van der Waals surface area contributed by atoms with E-state index in [-0.39, 0.29) is 24.0 Å². The van der Waals surface area contributed by atoms with Gasteiger partial charge in [-0.25, -0.2) is 0 Å². The smallest absolute Gasteiger partial charge is 0.251 e. The first kappa shape index (κ1) is 14.6. The van der Waals surface area contributed by atoms with Crippen LogP contribution in [0.15, 0.2) is 24.3 Å². The fourth-order valence-corrected chi connectivity index (χ4v) is 2.72. The van der Waals surface area contributed by atoms with Crippen LogP contribution in [0.3, 0.4) is 0 Å². The van der Waals surface area contributed by atoms with E-state index >= 15 is 0 Å². The molecular weight excluding hydrogens is 250 g/mol. The summed E-state index contributed by atoms with van der Waals surface area (Å²) in [5.41, 5.74) is 1.54. The van der Waals surface area contributed by atoms with Gasteiger partial charge in [0, 0.05) is 17.2 Å². The van der Waals surface area contributed by atoms with Crippen molar-refractivity contribution in [3.63, 3.8) is 0 Å². The van der Waals surface area contributed by atoms with Gasteiger partial charge in [-0.3, -0.25) is 4.79 Å². The van der Waals surface area contributed by atoms with Crippen molar-refractivity contribution in [2.75, 3.05) is 6.61 Å². The molecule has 1 saturated carbocycles. The Bertz CT molecular complexity index is 552. The zero-order chi connectivity index (χ0) is 14.6. The van der Waals surface area contributed by atoms with Crippen LogP contribution in [0.5, 0.6) is 0 Å². The Hall–Kier alpha value is -1.79. The zero-order valence-corrected chi connectivity index (χ0v) is 12.1. The van der Waals surface area contributed by atoms with Gasteiger partial charge in [0.05, 0.1) is 0 Å². The lowest BCUT2D eigenvalue weighted by Gasteiger charge is -2.27. The second-order valence-electron chi connectivity index (χ2n) is 5.95. The molecule has 0 aromatic heterocycles. The first-order valence-electron chi connectivity index (χ1n) is 7.03. The van der Waals surface area contributed by atoms with Gasteiger partial charge in [0.15, 0.2) is 0 Å². The van der Waals surface area contributed by atoms with E-state index in [0.29, 0.717) is 5.56 Å². The van der Waals surface area contributed by atoms with Gasteiger partial charge in [0.25, 0.3) is 5.91 Å². The number of amides is 1. The highest BCUT2D eigenvalue weighted by Gasteiger charge is 2.35. The van der Waals surface area contributed by atoms with Crippen LogP contribution in [0.25, 0.3) is 0 Å². The minimum Gasteiger partial charge on any atom is -0.384 e. The highest BCUT2D eigenvalue weighted by Crippen LogP contribution is 2.37. The molecule has 1 amide bonds. The molecule has 1 atom stereocenters. The van der Waals surface area contributed by atoms with Gasteiger partial charge in [0.2, 0.25) is 0 Å². The highest BCUT2D eigenvalue weighted by atomic mass is 16.2. The van der Waals surface area contributed by atoms with Crippen LogP contribution in [0.1, 0.15) is 49.0 Å². The second-order valence-corrected chi connectivity index (χ2v) is 5.95. The molecule has 0 saturated heterocycles. The molecule has 20 heavy (non-hydrogen) atoms. The SMILES string of the molecule is CC1(C)CCCC1NC(=O)c1cccc(C#CCO)c1. The molecular formula is C17H21NO2. The van der Waals surface area contributed by atoms with Crippen LogP contribution in [0.2, 0.25) is 0 Å².